The van der Waals surface area contributed by atoms with E-state index in [1.807, 2.05) is 44.3 Å². The van der Waals surface area contributed by atoms with Crippen LogP contribution in [0.15, 0.2) is 42.5 Å². The average Bonchev–Trinajstić information content (AvgIpc) is 3.02. The molecular formula is C21H24ClFN2O2. The number of likely N-dealkylation sites (tertiary alicyclic amines) is 1. The van der Waals surface area contributed by atoms with Crippen LogP contribution < -0.4 is 10.1 Å². The molecule has 2 aromatic carbocycles. The standard InChI is InChI=1S/C21H24ClFN2O2/c1-14-5-3-4-6-19(14)27-13-20(26)24-12-16-9-10-25(2)21(16)15-7-8-17(22)18(23)11-15/h3-8,11,16,21H,9-10,12-13H2,1-2H3,(H,24,26)/t16-,21-/m1/s1. The highest BCUT2D eigenvalue weighted by molar-refractivity contribution is 6.30. The molecule has 0 unspecified atom stereocenters. The highest BCUT2D eigenvalue weighted by atomic mass is 35.5. The molecule has 1 N–H and O–H groups in total. The summed E-state index contributed by atoms with van der Waals surface area (Å²) in [6.45, 7) is 3.34. The van der Waals surface area contributed by atoms with E-state index in [0.29, 0.717) is 12.3 Å². The van der Waals surface area contributed by atoms with Gasteiger partial charge in [-0.2, -0.15) is 0 Å². The van der Waals surface area contributed by atoms with Gasteiger partial charge in [-0.3, -0.25) is 9.69 Å². The Hall–Kier alpha value is -2.11. The minimum absolute atomic E-state index is 0.0202. The Morgan fingerprint density at radius 1 is 1.33 bits per heavy atom. The van der Waals surface area contributed by atoms with Crippen molar-refractivity contribution in [3.05, 3.63) is 64.4 Å². The van der Waals surface area contributed by atoms with Crippen LogP contribution in [0.25, 0.3) is 0 Å². The van der Waals surface area contributed by atoms with Gasteiger partial charge in [-0.15, -0.1) is 0 Å². The SMILES string of the molecule is Cc1ccccc1OCC(=O)NC[C@H]1CCN(C)[C@@H]1c1ccc(Cl)c(F)c1. The van der Waals surface area contributed by atoms with Crippen LogP contribution in [0.2, 0.25) is 5.02 Å². The summed E-state index contributed by atoms with van der Waals surface area (Å²) in [4.78, 5) is 14.4. The number of rotatable bonds is 6. The number of benzene rings is 2. The van der Waals surface area contributed by atoms with Crippen LogP contribution in [-0.4, -0.2) is 37.6 Å². The summed E-state index contributed by atoms with van der Waals surface area (Å²) in [6.07, 6.45) is 0.935. The van der Waals surface area contributed by atoms with Crippen molar-refractivity contribution in [3.8, 4) is 5.75 Å². The van der Waals surface area contributed by atoms with Crippen LogP contribution in [-0.2, 0) is 4.79 Å². The van der Waals surface area contributed by atoms with Crippen molar-refractivity contribution >= 4 is 17.5 Å². The van der Waals surface area contributed by atoms with Crippen molar-refractivity contribution in [2.24, 2.45) is 5.92 Å². The van der Waals surface area contributed by atoms with Crippen LogP contribution >= 0.6 is 11.6 Å². The number of halogens is 2. The van der Waals surface area contributed by atoms with Gasteiger partial charge in [-0.05, 0) is 62.2 Å². The van der Waals surface area contributed by atoms with E-state index in [1.165, 1.54) is 6.07 Å². The lowest BCUT2D eigenvalue weighted by molar-refractivity contribution is -0.123. The quantitative estimate of drug-likeness (QED) is 0.811. The predicted molar refractivity (Wildman–Crippen MR) is 105 cm³/mol. The molecule has 1 aliphatic heterocycles. The second-order valence-electron chi connectivity index (χ2n) is 7.01. The van der Waals surface area contributed by atoms with Crippen molar-refractivity contribution in [1.29, 1.82) is 0 Å². The van der Waals surface area contributed by atoms with E-state index >= 15 is 0 Å². The number of para-hydroxylation sites is 1. The summed E-state index contributed by atoms with van der Waals surface area (Å²) >= 11 is 5.80. The van der Waals surface area contributed by atoms with Crippen LogP contribution in [0.1, 0.15) is 23.6 Å². The molecule has 0 saturated carbocycles. The van der Waals surface area contributed by atoms with E-state index in [9.17, 15) is 9.18 Å². The van der Waals surface area contributed by atoms with Gasteiger partial charge in [0.25, 0.3) is 5.91 Å². The Kier molecular flexibility index (Phi) is 6.34. The van der Waals surface area contributed by atoms with Crippen molar-refractivity contribution < 1.29 is 13.9 Å². The van der Waals surface area contributed by atoms with Crippen LogP contribution in [0.3, 0.4) is 0 Å². The molecule has 0 aromatic heterocycles. The van der Waals surface area contributed by atoms with E-state index in [1.54, 1.807) is 6.07 Å². The molecule has 4 nitrogen and oxygen atoms in total. The second-order valence-corrected chi connectivity index (χ2v) is 7.41. The lowest BCUT2D eigenvalue weighted by Gasteiger charge is -2.26. The number of nitrogens with zero attached hydrogens (tertiary/aromatic N) is 1. The van der Waals surface area contributed by atoms with Crippen molar-refractivity contribution in [2.75, 3.05) is 26.7 Å². The zero-order chi connectivity index (χ0) is 19.4. The fourth-order valence-corrected chi connectivity index (χ4v) is 3.74. The molecule has 144 valence electrons. The van der Waals surface area contributed by atoms with E-state index in [-0.39, 0.29) is 29.5 Å². The average molecular weight is 391 g/mol. The first-order valence-corrected chi connectivity index (χ1v) is 9.44. The molecule has 0 spiro atoms. The van der Waals surface area contributed by atoms with Gasteiger partial charge in [0.1, 0.15) is 11.6 Å². The van der Waals surface area contributed by atoms with E-state index in [2.05, 4.69) is 10.2 Å². The first-order chi connectivity index (χ1) is 13.0. The van der Waals surface area contributed by atoms with E-state index < -0.39 is 5.82 Å². The summed E-state index contributed by atoms with van der Waals surface area (Å²) in [6, 6.07) is 12.6. The van der Waals surface area contributed by atoms with Crippen LogP contribution in [0, 0.1) is 18.7 Å². The molecule has 0 radical (unpaired) electrons. The molecule has 0 bridgehead atoms. The Morgan fingerprint density at radius 3 is 2.85 bits per heavy atom. The van der Waals surface area contributed by atoms with Gasteiger partial charge in [0.2, 0.25) is 0 Å². The second kappa shape index (κ2) is 8.72. The maximum Gasteiger partial charge on any atom is 0.257 e. The molecule has 0 aliphatic carbocycles. The normalized spacial score (nSPS) is 19.9. The molecule has 1 saturated heterocycles. The lowest BCUT2D eigenvalue weighted by Crippen LogP contribution is -2.35. The largest absolute Gasteiger partial charge is 0.484 e. The number of amides is 1. The summed E-state index contributed by atoms with van der Waals surface area (Å²) in [5.41, 5.74) is 1.87. The highest BCUT2D eigenvalue weighted by Gasteiger charge is 2.33. The Bertz CT molecular complexity index is 815. The zero-order valence-corrected chi connectivity index (χ0v) is 16.3. The van der Waals surface area contributed by atoms with Gasteiger partial charge < -0.3 is 10.1 Å². The number of carbonyl (C=O) groups excluding carboxylic acids is 1. The Balaban J connectivity index is 1.56. The van der Waals surface area contributed by atoms with Gasteiger partial charge >= 0.3 is 0 Å². The third kappa shape index (κ3) is 4.79. The van der Waals surface area contributed by atoms with Gasteiger partial charge in [-0.1, -0.05) is 35.9 Å². The van der Waals surface area contributed by atoms with Gasteiger partial charge in [0.15, 0.2) is 6.61 Å². The maximum absolute atomic E-state index is 13.9. The minimum Gasteiger partial charge on any atom is -0.484 e. The van der Waals surface area contributed by atoms with Crippen molar-refractivity contribution in [2.45, 2.75) is 19.4 Å². The molecule has 6 heteroatoms. The van der Waals surface area contributed by atoms with Gasteiger partial charge in [0, 0.05) is 12.6 Å². The van der Waals surface area contributed by atoms with Crippen molar-refractivity contribution in [1.82, 2.24) is 10.2 Å². The Morgan fingerprint density at radius 2 is 2.11 bits per heavy atom. The molecule has 1 aliphatic rings. The van der Waals surface area contributed by atoms with E-state index in [0.717, 1.165) is 24.1 Å². The first kappa shape index (κ1) is 19.6. The third-order valence-electron chi connectivity index (χ3n) is 5.07. The number of hydrogen-bond donors (Lipinski definition) is 1. The molecule has 3 rings (SSSR count). The monoisotopic (exact) mass is 390 g/mol. The highest BCUT2D eigenvalue weighted by Crippen LogP contribution is 2.36. The lowest BCUT2D eigenvalue weighted by atomic mass is 9.93. The number of hydrogen-bond acceptors (Lipinski definition) is 3. The fourth-order valence-electron chi connectivity index (χ4n) is 3.62. The van der Waals surface area contributed by atoms with Gasteiger partial charge in [-0.25, -0.2) is 4.39 Å². The number of carbonyl (C=O) groups is 1. The summed E-state index contributed by atoms with van der Waals surface area (Å²) in [5.74, 6) is 0.346. The summed E-state index contributed by atoms with van der Waals surface area (Å²) < 4.78 is 19.4. The zero-order valence-electron chi connectivity index (χ0n) is 15.5. The molecule has 1 heterocycles. The fraction of sp³-hybridized carbons (Fsp3) is 0.381. The molecule has 1 fully saturated rings. The number of ether oxygens (including phenoxy) is 1. The first-order valence-electron chi connectivity index (χ1n) is 9.06. The van der Waals surface area contributed by atoms with Crippen LogP contribution in [0.5, 0.6) is 5.75 Å². The predicted octanol–water partition coefficient (Wildman–Crippen LogP) is 3.98. The molecule has 2 atom stereocenters. The molecular weight excluding hydrogens is 367 g/mol. The topological polar surface area (TPSA) is 41.6 Å². The van der Waals surface area contributed by atoms with Gasteiger partial charge in [0.05, 0.1) is 5.02 Å². The summed E-state index contributed by atoms with van der Waals surface area (Å²) in [5, 5.41) is 3.07. The molecule has 2 aromatic rings. The molecule has 1 amide bonds. The Labute approximate surface area is 164 Å². The van der Waals surface area contributed by atoms with Crippen LogP contribution in [0.4, 0.5) is 4.39 Å². The van der Waals surface area contributed by atoms with Crippen molar-refractivity contribution in [3.63, 3.8) is 0 Å². The number of aryl methyl sites for hydroxylation is 1. The van der Waals surface area contributed by atoms with E-state index in [4.69, 9.17) is 16.3 Å². The number of nitrogens with one attached hydrogen (secondary N) is 1. The smallest absolute Gasteiger partial charge is 0.257 e. The maximum atomic E-state index is 13.9. The minimum atomic E-state index is -0.413. The summed E-state index contributed by atoms with van der Waals surface area (Å²) in [7, 11) is 2.01. The third-order valence-corrected chi connectivity index (χ3v) is 5.38. The molecule has 27 heavy (non-hydrogen) atoms.